The summed E-state index contributed by atoms with van der Waals surface area (Å²) in [5, 5.41) is 25.6. The molecule has 3 heterocycles. The highest BCUT2D eigenvalue weighted by molar-refractivity contribution is 8.00. The van der Waals surface area contributed by atoms with Crippen LogP contribution in [0.5, 0.6) is 0 Å². The standard InChI is InChI=1S/C17H19N5O7S2/c1-3-7-4-30-14-10(13(24)22(14)11(7)16(27)28)20-12(23)9(8-5-31-17(18)19-8)21-29-6(2)15(25)26/h5-6,10,14H,3-4H2,1-2H3,(H2,18,19)(H,20,23)(H,25,26)(H,27,28)/b21-9-/t6-,10+,14?/m0/s1. The first-order valence-electron chi connectivity index (χ1n) is 9.04. The van der Waals surface area contributed by atoms with Crippen LogP contribution in [0.2, 0.25) is 0 Å². The molecule has 0 saturated carbocycles. The lowest BCUT2D eigenvalue weighted by molar-refractivity contribution is -0.150. The molecule has 0 bridgehead atoms. The number of hydrogen-bond acceptors (Lipinski definition) is 10. The van der Waals surface area contributed by atoms with E-state index in [1.165, 1.54) is 29.0 Å². The number of carboxylic acid groups (broad SMARTS) is 2. The van der Waals surface area contributed by atoms with Gasteiger partial charge in [0.05, 0.1) is 0 Å². The minimum atomic E-state index is -1.33. The van der Waals surface area contributed by atoms with Crippen molar-refractivity contribution in [3.05, 3.63) is 22.3 Å². The van der Waals surface area contributed by atoms with E-state index in [0.717, 1.165) is 11.3 Å². The quantitative estimate of drug-likeness (QED) is 0.231. The van der Waals surface area contributed by atoms with Crippen molar-refractivity contribution >= 4 is 57.7 Å². The SMILES string of the molecule is CCC1=C(C(=O)O)N2C(=O)[C@@H](NC(=O)/C(=N\O[C@@H](C)C(=O)O)c3csc(N)n3)C2SC1. The number of aliphatic carboxylic acids is 2. The molecule has 1 unspecified atom stereocenters. The van der Waals surface area contributed by atoms with Gasteiger partial charge in [-0.1, -0.05) is 12.1 Å². The molecule has 5 N–H and O–H groups in total. The Hall–Kier alpha value is -3.13. The molecule has 31 heavy (non-hydrogen) atoms. The van der Waals surface area contributed by atoms with Gasteiger partial charge in [-0.3, -0.25) is 14.5 Å². The zero-order chi connectivity index (χ0) is 22.9. The van der Waals surface area contributed by atoms with Gasteiger partial charge < -0.3 is 26.1 Å². The van der Waals surface area contributed by atoms with Crippen molar-refractivity contribution in [1.82, 2.24) is 15.2 Å². The molecule has 14 heteroatoms. The van der Waals surface area contributed by atoms with Gasteiger partial charge >= 0.3 is 11.9 Å². The second-order valence-electron chi connectivity index (χ2n) is 6.57. The van der Waals surface area contributed by atoms with Crippen molar-refractivity contribution in [2.24, 2.45) is 5.16 Å². The van der Waals surface area contributed by atoms with E-state index in [1.54, 1.807) is 0 Å². The first-order chi connectivity index (χ1) is 14.6. The fraction of sp³-hybridized carbons (Fsp3) is 0.412. The van der Waals surface area contributed by atoms with Crippen LogP contribution in [0, 0.1) is 0 Å². The maximum atomic E-state index is 12.8. The van der Waals surface area contributed by atoms with Crippen molar-refractivity contribution < 1.29 is 34.2 Å². The number of carbonyl (C=O) groups is 4. The molecular weight excluding hydrogens is 450 g/mol. The summed E-state index contributed by atoms with van der Waals surface area (Å²) in [5.41, 5.74) is 5.89. The number of anilines is 1. The van der Waals surface area contributed by atoms with Crippen LogP contribution >= 0.6 is 23.1 Å². The number of nitrogens with two attached hydrogens (primary N) is 1. The Bertz CT molecular complexity index is 1000. The molecule has 1 saturated heterocycles. The molecule has 0 radical (unpaired) electrons. The predicted molar refractivity (Wildman–Crippen MR) is 111 cm³/mol. The fourth-order valence-corrected chi connectivity index (χ4v) is 4.94. The number of thiazole rings is 1. The molecule has 1 aromatic rings. The van der Waals surface area contributed by atoms with E-state index in [0.29, 0.717) is 17.7 Å². The third-order valence-corrected chi connectivity index (χ3v) is 6.61. The van der Waals surface area contributed by atoms with E-state index in [1.807, 2.05) is 6.92 Å². The lowest BCUT2D eigenvalue weighted by atomic mass is 10.0. The number of carboxylic acids is 2. The van der Waals surface area contributed by atoms with Crippen LogP contribution in [0.3, 0.4) is 0 Å². The van der Waals surface area contributed by atoms with Crippen molar-refractivity contribution in [3.63, 3.8) is 0 Å². The average Bonchev–Trinajstić information content (AvgIpc) is 3.16. The van der Waals surface area contributed by atoms with E-state index in [9.17, 15) is 24.3 Å². The van der Waals surface area contributed by atoms with Gasteiger partial charge in [-0.15, -0.1) is 23.1 Å². The van der Waals surface area contributed by atoms with Crippen molar-refractivity contribution in [2.75, 3.05) is 11.5 Å². The molecule has 1 aromatic heterocycles. The fourth-order valence-electron chi connectivity index (χ4n) is 2.94. The summed E-state index contributed by atoms with van der Waals surface area (Å²) in [5.74, 6) is -3.46. The van der Waals surface area contributed by atoms with E-state index in [4.69, 9.17) is 15.7 Å². The highest BCUT2D eigenvalue weighted by atomic mass is 32.2. The van der Waals surface area contributed by atoms with E-state index in [-0.39, 0.29) is 22.2 Å². The molecule has 1 fully saturated rings. The van der Waals surface area contributed by atoms with Gasteiger partial charge in [0.1, 0.15) is 22.8 Å². The Morgan fingerprint density at radius 3 is 2.71 bits per heavy atom. The van der Waals surface area contributed by atoms with Crippen molar-refractivity contribution in [3.8, 4) is 0 Å². The largest absolute Gasteiger partial charge is 0.478 e. The molecule has 2 amide bonds. The van der Waals surface area contributed by atoms with Crippen molar-refractivity contribution in [1.29, 1.82) is 0 Å². The van der Waals surface area contributed by atoms with Gasteiger partial charge in [0.25, 0.3) is 11.8 Å². The number of nitrogen functional groups attached to an aromatic ring is 1. The van der Waals surface area contributed by atoms with Crippen LogP contribution in [0.15, 0.2) is 21.8 Å². The zero-order valence-electron chi connectivity index (χ0n) is 16.4. The molecule has 3 atom stereocenters. The molecule has 0 aliphatic carbocycles. The summed E-state index contributed by atoms with van der Waals surface area (Å²) in [7, 11) is 0. The number of carbonyl (C=O) groups excluding carboxylic acids is 2. The van der Waals surface area contributed by atoms with E-state index in [2.05, 4.69) is 15.5 Å². The van der Waals surface area contributed by atoms with E-state index < -0.39 is 41.3 Å². The number of aromatic nitrogens is 1. The van der Waals surface area contributed by atoms with Crippen LogP contribution in [0.1, 0.15) is 26.0 Å². The Balaban J connectivity index is 1.81. The van der Waals surface area contributed by atoms with Crippen LogP contribution in [0.25, 0.3) is 0 Å². The molecule has 166 valence electrons. The highest BCUT2D eigenvalue weighted by Gasteiger charge is 2.54. The summed E-state index contributed by atoms with van der Waals surface area (Å²) in [4.78, 5) is 58.1. The third-order valence-electron chi connectivity index (χ3n) is 4.59. The summed E-state index contributed by atoms with van der Waals surface area (Å²) in [6.07, 6.45) is -0.840. The van der Waals surface area contributed by atoms with Gasteiger partial charge in [-0.25, -0.2) is 14.6 Å². The summed E-state index contributed by atoms with van der Waals surface area (Å²) in [6.45, 7) is 3.04. The monoisotopic (exact) mass is 469 g/mol. The van der Waals surface area contributed by atoms with Crippen LogP contribution in [-0.4, -0.2) is 72.8 Å². The Labute approximate surface area is 184 Å². The number of hydrogen-bond donors (Lipinski definition) is 4. The molecule has 3 rings (SSSR count). The number of rotatable bonds is 8. The van der Waals surface area contributed by atoms with Crippen LogP contribution in [0.4, 0.5) is 5.13 Å². The van der Waals surface area contributed by atoms with Gasteiger partial charge in [0, 0.05) is 11.1 Å². The first kappa shape index (κ1) is 22.6. The molecular formula is C17H19N5O7S2. The Kier molecular flexibility index (Phi) is 6.50. The van der Waals surface area contributed by atoms with Crippen LogP contribution in [-0.2, 0) is 24.0 Å². The summed E-state index contributed by atoms with van der Waals surface area (Å²) < 4.78 is 0. The normalized spacial score (nSPS) is 21.8. The summed E-state index contributed by atoms with van der Waals surface area (Å²) in [6, 6.07) is -0.983. The number of amides is 2. The maximum absolute atomic E-state index is 12.8. The minimum absolute atomic E-state index is 0.0527. The van der Waals surface area contributed by atoms with Gasteiger partial charge in [0.2, 0.25) is 6.10 Å². The molecule has 2 aliphatic heterocycles. The van der Waals surface area contributed by atoms with E-state index >= 15 is 0 Å². The second kappa shape index (κ2) is 8.93. The number of nitrogens with zero attached hydrogens (tertiary/aromatic N) is 3. The smallest absolute Gasteiger partial charge is 0.352 e. The number of thioether (sulfide) groups is 1. The Morgan fingerprint density at radius 1 is 1.45 bits per heavy atom. The molecule has 0 spiro atoms. The minimum Gasteiger partial charge on any atom is -0.478 e. The number of oxime groups is 1. The maximum Gasteiger partial charge on any atom is 0.352 e. The van der Waals surface area contributed by atoms with Crippen LogP contribution < -0.4 is 11.1 Å². The lowest BCUT2D eigenvalue weighted by Gasteiger charge is -2.49. The summed E-state index contributed by atoms with van der Waals surface area (Å²) >= 11 is 2.38. The predicted octanol–water partition coefficient (Wildman–Crippen LogP) is 0.0677. The second-order valence-corrected chi connectivity index (χ2v) is 8.56. The highest BCUT2D eigenvalue weighted by Crippen LogP contribution is 2.41. The number of fused-ring (bicyclic) bond motifs is 1. The third kappa shape index (κ3) is 4.34. The van der Waals surface area contributed by atoms with Gasteiger partial charge in [-0.05, 0) is 18.9 Å². The molecule has 12 nitrogen and oxygen atoms in total. The number of nitrogens with one attached hydrogen (secondary N) is 1. The zero-order valence-corrected chi connectivity index (χ0v) is 18.0. The Morgan fingerprint density at radius 2 is 2.16 bits per heavy atom. The van der Waals surface area contributed by atoms with Gasteiger partial charge in [-0.2, -0.15) is 0 Å². The first-order valence-corrected chi connectivity index (χ1v) is 11.0. The molecule has 0 aromatic carbocycles. The topological polar surface area (TPSA) is 185 Å². The lowest BCUT2D eigenvalue weighted by Crippen LogP contribution is -2.71. The number of β-lactam (4-membered cyclic amide) rings is 1. The van der Waals surface area contributed by atoms with Gasteiger partial charge in [0.15, 0.2) is 10.8 Å². The molecule has 2 aliphatic rings. The average molecular weight is 470 g/mol. The van der Waals surface area contributed by atoms with Crippen molar-refractivity contribution in [2.45, 2.75) is 37.8 Å².